The van der Waals surface area contributed by atoms with Crippen molar-refractivity contribution < 1.29 is 19.4 Å². The highest BCUT2D eigenvalue weighted by Crippen LogP contribution is 2.37. The molecule has 4 nitrogen and oxygen atoms in total. The molecule has 168 valence electrons. The molecule has 0 heterocycles. The second-order valence-electron chi connectivity index (χ2n) is 8.95. The normalized spacial score (nSPS) is 21.9. The van der Waals surface area contributed by atoms with E-state index in [-0.39, 0.29) is 24.1 Å². The van der Waals surface area contributed by atoms with Crippen molar-refractivity contribution in [3.8, 4) is 0 Å². The summed E-state index contributed by atoms with van der Waals surface area (Å²) >= 11 is 0. The SMILES string of the molecule is CCCCCCCC(=O)CCC1CC[C@H](O)[C@@H]1C/C=C\CCCC(=O)OC(C)C. The number of allylic oxidation sites excluding steroid dienone is 2. The van der Waals surface area contributed by atoms with Gasteiger partial charge in [-0.15, -0.1) is 0 Å². The summed E-state index contributed by atoms with van der Waals surface area (Å²) in [4.78, 5) is 23.7. The zero-order chi connectivity index (χ0) is 21.5. The third-order valence-electron chi connectivity index (χ3n) is 5.98. The molecule has 0 aromatic heterocycles. The maximum atomic E-state index is 12.2. The van der Waals surface area contributed by atoms with E-state index >= 15 is 0 Å². The van der Waals surface area contributed by atoms with Crippen LogP contribution in [0.25, 0.3) is 0 Å². The zero-order valence-electron chi connectivity index (χ0n) is 19.0. The van der Waals surface area contributed by atoms with Crippen LogP contribution < -0.4 is 0 Å². The Labute approximate surface area is 178 Å². The van der Waals surface area contributed by atoms with Gasteiger partial charge in [0.2, 0.25) is 0 Å². The topological polar surface area (TPSA) is 63.6 Å². The molecule has 1 aliphatic rings. The molecule has 1 N–H and O–H groups in total. The predicted octanol–water partition coefficient (Wildman–Crippen LogP) is 6.15. The molecule has 0 aromatic rings. The number of carbonyl (C=O) groups excluding carboxylic acids is 2. The van der Waals surface area contributed by atoms with Crippen LogP contribution in [-0.4, -0.2) is 29.1 Å². The summed E-state index contributed by atoms with van der Waals surface area (Å²) in [5.41, 5.74) is 0. The van der Waals surface area contributed by atoms with E-state index in [1.165, 1.54) is 25.7 Å². The van der Waals surface area contributed by atoms with E-state index in [4.69, 9.17) is 4.74 Å². The first-order valence-corrected chi connectivity index (χ1v) is 12.0. The van der Waals surface area contributed by atoms with Crippen LogP contribution >= 0.6 is 0 Å². The fourth-order valence-electron chi connectivity index (χ4n) is 4.29. The number of aliphatic hydroxyl groups is 1. The number of rotatable bonds is 16. The van der Waals surface area contributed by atoms with E-state index in [1.807, 2.05) is 13.8 Å². The maximum Gasteiger partial charge on any atom is 0.306 e. The lowest BCUT2D eigenvalue weighted by Crippen LogP contribution is -2.19. The molecule has 0 saturated heterocycles. The lowest BCUT2D eigenvalue weighted by molar-refractivity contribution is -0.147. The minimum atomic E-state index is -0.241. The van der Waals surface area contributed by atoms with Gasteiger partial charge in [0, 0.05) is 19.3 Å². The minimum Gasteiger partial charge on any atom is -0.463 e. The molecule has 0 spiro atoms. The predicted molar refractivity (Wildman–Crippen MR) is 119 cm³/mol. The van der Waals surface area contributed by atoms with Crippen LogP contribution in [-0.2, 0) is 14.3 Å². The lowest BCUT2D eigenvalue weighted by atomic mass is 9.87. The van der Waals surface area contributed by atoms with E-state index in [0.29, 0.717) is 24.5 Å². The van der Waals surface area contributed by atoms with Crippen molar-refractivity contribution in [1.29, 1.82) is 0 Å². The highest BCUT2D eigenvalue weighted by atomic mass is 16.5. The van der Waals surface area contributed by atoms with Gasteiger partial charge in [0.1, 0.15) is 5.78 Å². The third kappa shape index (κ3) is 12.2. The van der Waals surface area contributed by atoms with Crippen LogP contribution in [0.2, 0.25) is 0 Å². The Morgan fingerprint density at radius 3 is 2.48 bits per heavy atom. The first-order valence-electron chi connectivity index (χ1n) is 12.0. The van der Waals surface area contributed by atoms with Crippen molar-refractivity contribution in [3.63, 3.8) is 0 Å². The van der Waals surface area contributed by atoms with Crippen LogP contribution in [0.5, 0.6) is 0 Å². The van der Waals surface area contributed by atoms with Crippen molar-refractivity contribution in [2.45, 2.75) is 123 Å². The number of Topliss-reactive ketones (excluding diaryl/α,β-unsaturated/α-hetero) is 1. The van der Waals surface area contributed by atoms with Crippen molar-refractivity contribution in [3.05, 3.63) is 12.2 Å². The lowest BCUT2D eigenvalue weighted by Gasteiger charge is -2.20. The largest absolute Gasteiger partial charge is 0.463 e. The van der Waals surface area contributed by atoms with Crippen molar-refractivity contribution in [1.82, 2.24) is 0 Å². The van der Waals surface area contributed by atoms with Crippen LogP contribution in [0.3, 0.4) is 0 Å². The van der Waals surface area contributed by atoms with Gasteiger partial charge >= 0.3 is 5.97 Å². The number of hydrogen-bond acceptors (Lipinski definition) is 4. The summed E-state index contributed by atoms with van der Waals surface area (Å²) in [7, 11) is 0. The number of esters is 1. The van der Waals surface area contributed by atoms with Crippen LogP contribution in [0.4, 0.5) is 0 Å². The summed E-state index contributed by atoms with van der Waals surface area (Å²) in [5.74, 6) is 0.995. The standard InChI is InChI=1S/C25H44O4/c1-4-5-6-7-10-13-22(26)18-16-21-17-19-24(27)23(21)14-11-8-9-12-15-25(28)29-20(2)3/h8,11,20-21,23-24,27H,4-7,9-10,12-19H2,1-3H3/b11-8-/t21?,23-,24+/m1/s1. The smallest absolute Gasteiger partial charge is 0.306 e. The van der Waals surface area contributed by atoms with E-state index in [1.54, 1.807) is 0 Å². The fourth-order valence-corrected chi connectivity index (χ4v) is 4.29. The summed E-state index contributed by atoms with van der Waals surface area (Å²) < 4.78 is 5.13. The van der Waals surface area contributed by atoms with Gasteiger partial charge in [0.05, 0.1) is 12.2 Å². The van der Waals surface area contributed by atoms with E-state index in [0.717, 1.165) is 51.4 Å². The third-order valence-corrected chi connectivity index (χ3v) is 5.98. The maximum absolute atomic E-state index is 12.2. The average Bonchev–Trinajstić information content (AvgIpc) is 3.02. The quantitative estimate of drug-likeness (QED) is 0.189. The van der Waals surface area contributed by atoms with Crippen molar-refractivity contribution in [2.24, 2.45) is 11.8 Å². The Morgan fingerprint density at radius 2 is 1.76 bits per heavy atom. The molecule has 29 heavy (non-hydrogen) atoms. The Balaban J connectivity index is 2.21. The summed E-state index contributed by atoms with van der Waals surface area (Å²) in [6.45, 7) is 5.93. The summed E-state index contributed by atoms with van der Waals surface area (Å²) in [5, 5.41) is 10.3. The molecule has 1 saturated carbocycles. The number of aliphatic hydroxyl groups excluding tert-OH is 1. The van der Waals surface area contributed by atoms with Crippen LogP contribution in [0, 0.1) is 11.8 Å². The molecule has 1 aliphatic carbocycles. The Hall–Kier alpha value is -1.16. The van der Waals surface area contributed by atoms with Gasteiger partial charge in [-0.2, -0.15) is 0 Å². The molecule has 0 radical (unpaired) electrons. The van der Waals surface area contributed by atoms with Crippen LogP contribution in [0.1, 0.15) is 111 Å². The highest BCUT2D eigenvalue weighted by Gasteiger charge is 2.33. The molecule has 0 aliphatic heterocycles. The molecular formula is C25H44O4. The average molecular weight is 409 g/mol. The highest BCUT2D eigenvalue weighted by molar-refractivity contribution is 5.78. The van der Waals surface area contributed by atoms with E-state index < -0.39 is 0 Å². The molecule has 3 atom stereocenters. The first-order chi connectivity index (χ1) is 13.9. The second kappa shape index (κ2) is 15.6. The van der Waals surface area contributed by atoms with Gasteiger partial charge in [-0.1, -0.05) is 44.8 Å². The number of hydrogen-bond donors (Lipinski definition) is 1. The number of ether oxygens (including phenoxy) is 1. The molecule has 0 amide bonds. The summed E-state index contributed by atoms with van der Waals surface area (Å²) in [6.07, 6.45) is 17.1. The van der Waals surface area contributed by atoms with Gasteiger partial charge < -0.3 is 9.84 Å². The second-order valence-corrected chi connectivity index (χ2v) is 8.95. The Bertz CT molecular complexity index is 483. The van der Waals surface area contributed by atoms with Crippen LogP contribution in [0.15, 0.2) is 12.2 Å². The van der Waals surface area contributed by atoms with Crippen molar-refractivity contribution >= 4 is 11.8 Å². The van der Waals surface area contributed by atoms with Gasteiger partial charge in [-0.05, 0) is 70.6 Å². The summed E-state index contributed by atoms with van der Waals surface area (Å²) in [6, 6.07) is 0. The van der Waals surface area contributed by atoms with Gasteiger partial charge in [-0.3, -0.25) is 9.59 Å². The van der Waals surface area contributed by atoms with E-state index in [9.17, 15) is 14.7 Å². The van der Waals surface area contributed by atoms with E-state index in [2.05, 4.69) is 19.1 Å². The molecule has 1 fully saturated rings. The fraction of sp³-hybridized carbons (Fsp3) is 0.840. The van der Waals surface area contributed by atoms with Gasteiger partial charge in [0.15, 0.2) is 0 Å². The molecular weight excluding hydrogens is 364 g/mol. The number of carbonyl (C=O) groups is 2. The van der Waals surface area contributed by atoms with Gasteiger partial charge in [0.25, 0.3) is 0 Å². The molecule has 1 rings (SSSR count). The Morgan fingerprint density at radius 1 is 1.00 bits per heavy atom. The number of unbranched alkanes of at least 4 members (excludes halogenated alkanes) is 5. The monoisotopic (exact) mass is 408 g/mol. The molecule has 0 aromatic carbocycles. The molecule has 0 bridgehead atoms. The zero-order valence-corrected chi connectivity index (χ0v) is 19.0. The van der Waals surface area contributed by atoms with Crippen molar-refractivity contribution in [2.75, 3.05) is 0 Å². The molecule has 1 unspecified atom stereocenters. The first kappa shape index (κ1) is 25.9. The Kier molecular flexibility index (Phi) is 14.0. The van der Waals surface area contributed by atoms with Gasteiger partial charge in [-0.25, -0.2) is 0 Å². The minimum absolute atomic E-state index is 0.0493. The molecule has 4 heteroatoms. The number of ketones is 1.